The average molecular weight is 314 g/mol. The summed E-state index contributed by atoms with van der Waals surface area (Å²) >= 11 is 4.95. The van der Waals surface area contributed by atoms with Gasteiger partial charge in [0, 0.05) is 7.05 Å². The Hall–Kier alpha value is -2.22. The van der Waals surface area contributed by atoms with Crippen molar-refractivity contribution in [1.29, 1.82) is 0 Å². The van der Waals surface area contributed by atoms with Crippen LogP contribution in [0.3, 0.4) is 0 Å². The number of alkyl halides is 2. The number of carbonyl (C=O) groups excluding carboxylic acids is 1. The van der Waals surface area contributed by atoms with Crippen LogP contribution in [0.4, 0.5) is 8.78 Å². The van der Waals surface area contributed by atoms with Gasteiger partial charge in [0.05, 0.1) is 7.11 Å². The molecule has 1 aliphatic heterocycles. The Morgan fingerprint density at radius 1 is 1.38 bits per heavy atom. The molecule has 1 amide bonds. The van der Waals surface area contributed by atoms with Crippen molar-refractivity contribution < 1.29 is 23.0 Å². The van der Waals surface area contributed by atoms with Crippen molar-refractivity contribution in [3.05, 3.63) is 29.5 Å². The maximum Gasteiger partial charge on any atom is 0.387 e. The van der Waals surface area contributed by atoms with E-state index >= 15 is 0 Å². The van der Waals surface area contributed by atoms with E-state index in [1.165, 1.54) is 30.2 Å². The van der Waals surface area contributed by atoms with Gasteiger partial charge < -0.3 is 14.8 Å². The van der Waals surface area contributed by atoms with Crippen LogP contribution in [-0.4, -0.2) is 36.7 Å². The molecule has 0 saturated carbocycles. The molecule has 8 heteroatoms. The number of rotatable bonds is 4. The van der Waals surface area contributed by atoms with Gasteiger partial charge >= 0.3 is 6.61 Å². The summed E-state index contributed by atoms with van der Waals surface area (Å²) in [7, 11) is 2.89. The third-order valence-electron chi connectivity index (χ3n) is 2.80. The Morgan fingerprint density at radius 2 is 2.10 bits per heavy atom. The van der Waals surface area contributed by atoms with E-state index in [4.69, 9.17) is 17.0 Å². The number of thiocarbonyl (C=S) groups is 1. The lowest BCUT2D eigenvalue weighted by Gasteiger charge is -2.10. The minimum atomic E-state index is -2.94. The number of carbonyl (C=O) groups is 1. The minimum Gasteiger partial charge on any atom is -0.493 e. The van der Waals surface area contributed by atoms with E-state index in [0.717, 1.165) is 0 Å². The summed E-state index contributed by atoms with van der Waals surface area (Å²) < 4.78 is 33.8. The Kier molecular flexibility index (Phi) is 4.37. The van der Waals surface area contributed by atoms with E-state index in [2.05, 4.69) is 10.1 Å². The number of benzene rings is 1. The molecule has 21 heavy (non-hydrogen) atoms. The monoisotopic (exact) mass is 314 g/mol. The molecular formula is C13H12F2N2O3S. The van der Waals surface area contributed by atoms with Crippen LogP contribution in [0.25, 0.3) is 6.08 Å². The van der Waals surface area contributed by atoms with Crippen LogP contribution >= 0.6 is 12.2 Å². The normalized spacial score (nSPS) is 16.6. The van der Waals surface area contributed by atoms with Gasteiger partial charge in [0.25, 0.3) is 5.91 Å². The molecule has 2 rings (SSSR count). The fourth-order valence-corrected chi connectivity index (χ4v) is 1.95. The van der Waals surface area contributed by atoms with Crippen LogP contribution in [-0.2, 0) is 4.79 Å². The molecule has 0 atom stereocenters. The van der Waals surface area contributed by atoms with Crippen molar-refractivity contribution in [3.63, 3.8) is 0 Å². The second-order valence-electron chi connectivity index (χ2n) is 4.14. The first-order valence-electron chi connectivity index (χ1n) is 5.86. The van der Waals surface area contributed by atoms with Crippen molar-refractivity contribution in [1.82, 2.24) is 10.2 Å². The number of nitrogens with one attached hydrogen (secondary N) is 1. The maximum absolute atomic E-state index is 12.2. The summed E-state index contributed by atoms with van der Waals surface area (Å²) in [5, 5.41) is 3.06. The quantitative estimate of drug-likeness (QED) is 0.680. The van der Waals surface area contributed by atoms with Gasteiger partial charge in [-0.05, 0) is 36.0 Å². The minimum absolute atomic E-state index is 0.0759. The van der Waals surface area contributed by atoms with E-state index in [1.54, 1.807) is 13.1 Å². The van der Waals surface area contributed by atoms with E-state index in [0.29, 0.717) is 16.4 Å². The molecule has 1 N–H and O–H groups in total. The molecule has 1 fully saturated rings. The number of nitrogens with zero attached hydrogens (tertiary/aromatic N) is 1. The zero-order chi connectivity index (χ0) is 15.6. The molecule has 1 saturated heterocycles. The Morgan fingerprint density at radius 3 is 2.62 bits per heavy atom. The Balaban J connectivity index is 2.30. The van der Waals surface area contributed by atoms with Gasteiger partial charge in [-0.2, -0.15) is 8.78 Å². The predicted octanol–water partition coefficient (Wildman–Crippen LogP) is 1.98. The Bertz CT molecular complexity index is 619. The third-order valence-corrected chi connectivity index (χ3v) is 3.17. The zero-order valence-electron chi connectivity index (χ0n) is 11.2. The van der Waals surface area contributed by atoms with Crippen LogP contribution in [0.1, 0.15) is 5.56 Å². The molecule has 1 aromatic rings. The van der Waals surface area contributed by atoms with Crippen molar-refractivity contribution in [3.8, 4) is 11.5 Å². The number of amides is 1. The Labute approximate surface area is 125 Å². The first kappa shape index (κ1) is 15.2. The number of ether oxygens (including phenoxy) is 2. The molecule has 0 aliphatic carbocycles. The SMILES string of the molecule is COc1cc(/C=C2/NC(=S)N(C)C2=O)ccc1OC(F)F. The van der Waals surface area contributed by atoms with Crippen LogP contribution in [0, 0.1) is 0 Å². The summed E-state index contributed by atoms with van der Waals surface area (Å²) in [6.45, 7) is -2.94. The highest BCUT2D eigenvalue weighted by atomic mass is 32.1. The number of likely N-dealkylation sites (N-methyl/N-ethyl adjacent to an activating group) is 1. The van der Waals surface area contributed by atoms with Crippen LogP contribution in [0.15, 0.2) is 23.9 Å². The third kappa shape index (κ3) is 3.27. The second-order valence-corrected chi connectivity index (χ2v) is 4.53. The van der Waals surface area contributed by atoms with Gasteiger partial charge in [-0.25, -0.2) is 0 Å². The van der Waals surface area contributed by atoms with Crippen molar-refractivity contribution in [2.24, 2.45) is 0 Å². The molecular weight excluding hydrogens is 302 g/mol. The van der Waals surface area contributed by atoms with Crippen molar-refractivity contribution in [2.45, 2.75) is 6.61 Å². The molecule has 1 heterocycles. The van der Waals surface area contributed by atoms with Crippen molar-refractivity contribution in [2.75, 3.05) is 14.2 Å². The molecule has 1 aromatic carbocycles. The van der Waals surface area contributed by atoms with Crippen LogP contribution < -0.4 is 14.8 Å². The molecule has 0 aromatic heterocycles. The highest BCUT2D eigenvalue weighted by Crippen LogP contribution is 2.30. The molecule has 0 unspecified atom stereocenters. The summed E-state index contributed by atoms with van der Waals surface area (Å²) in [6, 6.07) is 4.36. The van der Waals surface area contributed by atoms with Gasteiger partial charge in [0.2, 0.25) is 0 Å². The smallest absolute Gasteiger partial charge is 0.387 e. The lowest BCUT2D eigenvalue weighted by molar-refractivity contribution is -0.121. The highest BCUT2D eigenvalue weighted by molar-refractivity contribution is 7.80. The van der Waals surface area contributed by atoms with Gasteiger partial charge in [-0.1, -0.05) is 6.07 Å². The molecule has 1 aliphatic rings. The lowest BCUT2D eigenvalue weighted by atomic mass is 10.1. The molecule has 112 valence electrons. The van der Waals surface area contributed by atoms with Gasteiger partial charge in [-0.3, -0.25) is 9.69 Å². The number of hydrogen-bond acceptors (Lipinski definition) is 4. The van der Waals surface area contributed by atoms with Gasteiger partial charge in [0.15, 0.2) is 16.6 Å². The fourth-order valence-electron chi connectivity index (χ4n) is 1.76. The lowest BCUT2D eigenvalue weighted by Crippen LogP contribution is -2.25. The summed E-state index contributed by atoms with van der Waals surface area (Å²) in [5.74, 6) is -0.203. The van der Waals surface area contributed by atoms with E-state index < -0.39 is 6.61 Å². The number of methoxy groups -OCH3 is 1. The van der Waals surface area contributed by atoms with E-state index in [-0.39, 0.29) is 17.4 Å². The first-order chi connectivity index (χ1) is 9.92. The van der Waals surface area contributed by atoms with Crippen molar-refractivity contribution >= 4 is 29.3 Å². The first-order valence-corrected chi connectivity index (χ1v) is 6.26. The molecule has 0 spiro atoms. The van der Waals surface area contributed by atoms with E-state index in [9.17, 15) is 13.6 Å². The largest absolute Gasteiger partial charge is 0.493 e. The standard InChI is InChI=1S/C13H12F2N2O3S/c1-17-11(18)8(16-13(17)21)5-7-3-4-9(20-12(14)15)10(6-7)19-2/h3-6,12H,1-2H3,(H,16,21)/b8-5+. The van der Waals surface area contributed by atoms with Gasteiger partial charge in [-0.15, -0.1) is 0 Å². The topological polar surface area (TPSA) is 50.8 Å². The number of halogens is 2. The van der Waals surface area contributed by atoms with E-state index in [1.807, 2.05) is 0 Å². The second kappa shape index (κ2) is 6.04. The van der Waals surface area contributed by atoms with Gasteiger partial charge in [0.1, 0.15) is 5.70 Å². The molecule has 0 radical (unpaired) electrons. The fraction of sp³-hybridized carbons (Fsp3) is 0.231. The average Bonchev–Trinajstić information content (AvgIpc) is 2.67. The molecule has 5 nitrogen and oxygen atoms in total. The summed E-state index contributed by atoms with van der Waals surface area (Å²) in [5.41, 5.74) is 0.884. The van der Waals surface area contributed by atoms with Crippen LogP contribution in [0.5, 0.6) is 11.5 Å². The zero-order valence-corrected chi connectivity index (χ0v) is 12.0. The summed E-state index contributed by atoms with van der Waals surface area (Å²) in [4.78, 5) is 13.1. The maximum atomic E-state index is 12.2. The number of hydrogen-bond donors (Lipinski definition) is 1. The highest BCUT2D eigenvalue weighted by Gasteiger charge is 2.27. The van der Waals surface area contributed by atoms with Crippen LogP contribution in [0.2, 0.25) is 0 Å². The predicted molar refractivity (Wildman–Crippen MR) is 76.1 cm³/mol. The molecule has 0 bridgehead atoms. The summed E-state index contributed by atoms with van der Waals surface area (Å²) in [6.07, 6.45) is 1.55.